The first-order chi connectivity index (χ1) is 6.59. The fourth-order valence-corrected chi connectivity index (χ4v) is 0.544. The maximum atomic E-state index is 9.00. The first kappa shape index (κ1) is 20.7. The van der Waals surface area contributed by atoms with Gasteiger partial charge in [0.05, 0.1) is 12.2 Å². The van der Waals surface area contributed by atoms with Crippen LogP contribution in [0.3, 0.4) is 0 Å². The number of rotatable bonds is 2. The molecule has 0 spiro atoms. The normalized spacial score (nSPS) is 9.27. The summed E-state index contributed by atoms with van der Waals surface area (Å²) >= 11 is 14.4. The van der Waals surface area contributed by atoms with Crippen LogP contribution in [-0.2, 0) is 9.53 Å². The van der Waals surface area contributed by atoms with Gasteiger partial charge in [0, 0.05) is 6.92 Å². The monoisotopic (exact) mass is 280 g/mol. The lowest BCUT2D eigenvalue weighted by atomic mass is 10.4. The maximum Gasteiger partial charge on any atom is 0.300 e. The number of aliphatic carboxylic acids is 1. The topological polar surface area (TPSA) is 46.5 Å². The van der Waals surface area contributed by atoms with E-state index >= 15 is 0 Å². The molecule has 94 valence electrons. The van der Waals surface area contributed by atoms with Gasteiger partial charge in [0.15, 0.2) is 4.30 Å². The lowest BCUT2D eigenvalue weighted by molar-refractivity contribution is -0.134. The van der Waals surface area contributed by atoms with E-state index in [0.29, 0.717) is 12.2 Å². The minimum Gasteiger partial charge on any atom is -0.481 e. The second-order valence-electron chi connectivity index (χ2n) is 3.00. The van der Waals surface area contributed by atoms with Crippen LogP contribution >= 0.6 is 34.8 Å². The van der Waals surface area contributed by atoms with Crippen LogP contribution in [0.15, 0.2) is 0 Å². The zero-order chi connectivity index (χ0) is 13.0. The second kappa shape index (κ2) is 14.3. The van der Waals surface area contributed by atoms with Gasteiger partial charge in [0.1, 0.15) is 0 Å². The van der Waals surface area contributed by atoms with E-state index < -0.39 is 10.3 Å². The summed E-state index contributed by atoms with van der Waals surface area (Å²) < 4.78 is 4.50. The number of hydrogen-bond donors (Lipinski definition) is 1. The van der Waals surface area contributed by atoms with Crippen LogP contribution in [0.5, 0.6) is 0 Å². The van der Waals surface area contributed by atoms with Gasteiger partial charge < -0.3 is 9.84 Å². The maximum absolute atomic E-state index is 9.00. The van der Waals surface area contributed by atoms with E-state index in [9.17, 15) is 0 Å². The molecule has 6 heteroatoms. The van der Waals surface area contributed by atoms with E-state index in [1.165, 1.54) is 0 Å². The van der Waals surface area contributed by atoms with Crippen molar-refractivity contribution in [2.45, 2.75) is 51.1 Å². The molecule has 0 aromatic rings. The van der Waals surface area contributed by atoms with Gasteiger partial charge in [-0.05, 0) is 27.7 Å². The Kier molecular flexibility index (Phi) is 19.7. The van der Waals surface area contributed by atoms with Crippen LogP contribution in [0.2, 0.25) is 0 Å². The molecule has 15 heavy (non-hydrogen) atoms. The third-order valence-corrected chi connectivity index (χ3v) is 0.544. The van der Waals surface area contributed by atoms with Gasteiger partial charge in [0.25, 0.3) is 5.97 Å². The van der Waals surface area contributed by atoms with Crippen molar-refractivity contribution < 1.29 is 14.6 Å². The molecule has 0 heterocycles. The number of hydrogen-bond acceptors (Lipinski definition) is 2. The number of carboxylic acid groups (broad SMARTS) is 1. The highest BCUT2D eigenvalue weighted by Gasteiger charge is 1.94. The number of halogens is 3. The predicted molar refractivity (Wildman–Crippen MR) is 66.0 cm³/mol. The van der Waals surface area contributed by atoms with Gasteiger partial charge in [-0.15, -0.1) is 0 Å². The number of carboxylic acids is 1. The van der Waals surface area contributed by atoms with Crippen LogP contribution in [-0.4, -0.2) is 27.6 Å². The van der Waals surface area contributed by atoms with Crippen LogP contribution in [0.4, 0.5) is 0 Å². The molecule has 0 unspecified atom stereocenters. The van der Waals surface area contributed by atoms with Crippen LogP contribution in [0.25, 0.3) is 0 Å². The lowest BCUT2D eigenvalue weighted by Crippen LogP contribution is -2.09. The summed E-state index contributed by atoms with van der Waals surface area (Å²) in [6.07, 6.45) is 0.750. The third kappa shape index (κ3) is 117. The van der Waals surface area contributed by atoms with Crippen molar-refractivity contribution in [3.8, 4) is 0 Å². The average molecular weight is 282 g/mol. The molecule has 0 atom stereocenters. The summed E-state index contributed by atoms with van der Waals surface area (Å²) in [6, 6.07) is 0. The van der Waals surface area contributed by atoms with Gasteiger partial charge in [0.2, 0.25) is 0 Å². The quantitative estimate of drug-likeness (QED) is 0.781. The minimum atomic E-state index is -0.833. The highest BCUT2D eigenvalue weighted by molar-refractivity contribution is 6.63. The fourth-order valence-electron chi connectivity index (χ4n) is 0.544. The molecule has 0 amide bonds. The first-order valence-electron chi connectivity index (χ1n) is 4.36. The summed E-state index contributed by atoms with van der Waals surface area (Å²) in [7, 11) is 0. The average Bonchev–Trinajstić information content (AvgIpc) is 1.78. The summed E-state index contributed by atoms with van der Waals surface area (Å²) in [5.41, 5.74) is 0. The van der Waals surface area contributed by atoms with Crippen molar-refractivity contribution in [3.63, 3.8) is 0 Å². The molecule has 0 aromatic heterocycles. The van der Waals surface area contributed by atoms with Crippen LogP contribution in [0.1, 0.15) is 34.6 Å². The number of carbonyl (C=O) groups is 1. The van der Waals surface area contributed by atoms with Gasteiger partial charge in [-0.3, -0.25) is 4.79 Å². The molecule has 0 fully saturated rings. The van der Waals surface area contributed by atoms with Crippen LogP contribution < -0.4 is 0 Å². The molecule has 1 N–H and O–H groups in total. The van der Waals surface area contributed by atoms with E-state index in [1.807, 2.05) is 27.7 Å². The largest absolute Gasteiger partial charge is 0.481 e. The van der Waals surface area contributed by atoms with E-state index in [1.54, 1.807) is 0 Å². The molecule has 0 rings (SSSR count). The zero-order valence-electron chi connectivity index (χ0n) is 9.63. The molecule has 0 aliphatic heterocycles. The Bertz CT molecular complexity index is 126. The van der Waals surface area contributed by atoms with Gasteiger partial charge in [-0.25, -0.2) is 0 Å². The lowest BCUT2D eigenvalue weighted by Gasteiger charge is -2.09. The van der Waals surface area contributed by atoms with Crippen molar-refractivity contribution in [1.29, 1.82) is 0 Å². The molecular formula is C9H19Cl3O3. The van der Waals surface area contributed by atoms with Gasteiger partial charge in [-0.1, -0.05) is 34.8 Å². The fraction of sp³-hybridized carbons (Fsp3) is 0.889. The molecule has 0 saturated carbocycles. The molecule has 0 aliphatic carbocycles. The highest BCUT2D eigenvalue weighted by Crippen LogP contribution is 2.03. The molecule has 0 radical (unpaired) electrons. The van der Waals surface area contributed by atoms with Crippen molar-refractivity contribution >= 4 is 40.8 Å². The molecule has 0 bridgehead atoms. The first-order valence-corrected chi connectivity index (χ1v) is 5.67. The van der Waals surface area contributed by atoms with E-state index in [0.717, 1.165) is 6.92 Å². The van der Waals surface area contributed by atoms with Crippen molar-refractivity contribution in [2.24, 2.45) is 0 Å². The van der Waals surface area contributed by atoms with Crippen molar-refractivity contribution in [3.05, 3.63) is 0 Å². The van der Waals surface area contributed by atoms with E-state index in [4.69, 9.17) is 49.4 Å². The third-order valence-electron chi connectivity index (χ3n) is 0.544. The number of alkyl halides is 3. The van der Waals surface area contributed by atoms with E-state index in [-0.39, 0.29) is 0 Å². The highest BCUT2D eigenvalue weighted by atomic mass is 35.6. The SMILES string of the molecule is CC(=O)O.CC(C)OC(C)C.ClC(Cl)Cl. The van der Waals surface area contributed by atoms with Gasteiger partial charge in [-0.2, -0.15) is 0 Å². The van der Waals surface area contributed by atoms with Gasteiger partial charge >= 0.3 is 0 Å². The summed E-state index contributed by atoms with van der Waals surface area (Å²) in [4.78, 5) is 9.00. The molecular weight excluding hydrogens is 262 g/mol. The smallest absolute Gasteiger partial charge is 0.300 e. The summed E-state index contributed by atoms with van der Waals surface area (Å²) in [6.45, 7) is 9.25. The second-order valence-corrected chi connectivity index (χ2v) is 4.98. The molecule has 0 aliphatic rings. The Morgan fingerprint density at radius 3 is 1.20 bits per heavy atom. The predicted octanol–water partition coefficient (Wildman–Crippen LogP) is 3.90. The Balaban J connectivity index is -0.000000155. The van der Waals surface area contributed by atoms with Crippen molar-refractivity contribution in [1.82, 2.24) is 0 Å². The Morgan fingerprint density at radius 1 is 1.07 bits per heavy atom. The van der Waals surface area contributed by atoms with E-state index in [2.05, 4.69) is 0 Å². The Hall–Kier alpha value is 0.300. The molecule has 0 saturated heterocycles. The Labute approximate surface area is 107 Å². The summed E-state index contributed by atoms with van der Waals surface area (Å²) in [5, 5.41) is 7.42. The standard InChI is InChI=1S/C6H14O.C2H4O2.CHCl3/c1-5(2)7-6(3)4;1-2(3)4;2-1(3)4/h5-6H,1-4H3;1H3,(H,3,4);1H. The number of ether oxygens (including phenoxy) is 1. The zero-order valence-corrected chi connectivity index (χ0v) is 11.9. The summed E-state index contributed by atoms with van der Waals surface area (Å²) in [5.74, 6) is -0.833. The van der Waals surface area contributed by atoms with Crippen molar-refractivity contribution in [2.75, 3.05) is 0 Å². The minimum absolute atomic E-state index is 0.375. The van der Waals surface area contributed by atoms with Crippen LogP contribution in [0, 0.1) is 0 Å². The molecule has 3 nitrogen and oxygen atoms in total. The molecule has 0 aromatic carbocycles. The Morgan fingerprint density at radius 2 is 1.20 bits per heavy atom.